The Balaban J connectivity index is 2.27. The highest BCUT2D eigenvalue weighted by atomic mass is 16.1. The summed E-state index contributed by atoms with van der Waals surface area (Å²) >= 11 is 0. The standard InChI is InChI=1S/C7H8O/c8-7-4-2-5-1-3-6(5)7/h1,3,5-6H,2,4H2/t5-,6-/m1/s1. The van der Waals surface area contributed by atoms with E-state index >= 15 is 0 Å². The van der Waals surface area contributed by atoms with Gasteiger partial charge in [-0.15, -0.1) is 0 Å². The molecule has 1 fully saturated rings. The van der Waals surface area contributed by atoms with E-state index in [1.54, 1.807) is 0 Å². The van der Waals surface area contributed by atoms with Crippen molar-refractivity contribution in [1.29, 1.82) is 0 Å². The van der Waals surface area contributed by atoms with Gasteiger partial charge in [0.1, 0.15) is 5.78 Å². The molecule has 1 heteroatoms. The van der Waals surface area contributed by atoms with Crippen LogP contribution < -0.4 is 0 Å². The Kier molecular flexibility index (Phi) is 0.655. The van der Waals surface area contributed by atoms with E-state index in [1.807, 2.05) is 6.08 Å². The van der Waals surface area contributed by atoms with Crippen molar-refractivity contribution in [3.05, 3.63) is 12.2 Å². The lowest BCUT2D eigenvalue weighted by Crippen LogP contribution is -2.17. The number of hydrogen-bond donors (Lipinski definition) is 0. The van der Waals surface area contributed by atoms with Gasteiger partial charge in [-0.2, -0.15) is 0 Å². The lowest BCUT2D eigenvalue weighted by molar-refractivity contribution is -0.120. The van der Waals surface area contributed by atoms with Crippen LogP contribution in [0.3, 0.4) is 0 Å². The Labute approximate surface area is 48.4 Å². The molecular weight excluding hydrogens is 100 g/mol. The summed E-state index contributed by atoms with van der Waals surface area (Å²) < 4.78 is 0. The summed E-state index contributed by atoms with van der Waals surface area (Å²) in [4.78, 5) is 10.8. The Morgan fingerprint density at radius 3 is 2.62 bits per heavy atom. The van der Waals surface area contributed by atoms with E-state index in [4.69, 9.17) is 0 Å². The Bertz CT molecular complexity index is 158. The molecule has 2 aliphatic carbocycles. The van der Waals surface area contributed by atoms with Crippen molar-refractivity contribution < 1.29 is 4.79 Å². The minimum absolute atomic E-state index is 0.343. The first-order chi connectivity index (χ1) is 3.88. The molecule has 1 nitrogen and oxygen atoms in total. The molecule has 42 valence electrons. The largest absolute Gasteiger partial charge is 0.299 e. The van der Waals surface area contributed by atoms with Gasteiger partial charge in [-0.1, -0.05) is 12.2 Å². The summed E-state index contributed by atoms with van der Waals surface area (Å²) in [6.07, 6.45) is 6.11. The predicted molar refractivity (Wildman–Crippen MR) is 30.4 cm³/mol. The summed E-state index contributed by atoms with van der Waals surface area (Å²) in [6, 6.07) is 0. The fourth-order valence-electron chi connectivity index (χ4n) is 1.48. The molecule has 0 aromatic rings. The van der Waals surface area contributed by atoms with E-state index in [9.17, 15) is 4.79 Å². The van der Waals surface area contributed by atoms with Crippen molar-refractivity contribution in [2.45, 2.75) is 12.8 Å². The fraction of sp³-hybridized carbons (Fsp3) is 0.571. The molecule has 0 aromatic carbocycles. The first-order valence-corrected chi connectivity index (χ1v) is 3.09. The van der Waals surface area contributed by atoms with Gasteiger partial charge < -0.3 is 0 Å². The minimum Gasteiger partial charge on any atom is -0.299 e. The van der Waals surface area contributed by atoms with Crippen LogP contribution in [0.5, 0.6) is 0 Å². The highest BCUT2D eigenvalue weighted by Crippen LogP contribution is 2.37. The average molecular weight is 108 g/mol. The normalized spacial score (nSPS) is 41.8. The molecule has 0 unspecified atom stereocenters. The summed E-state index contributed by atoms with van der Waals surface area (Å²) in [5.74, 6) is 1.44. The molecule has 0 amide bonds. The van der Waals surface area contributed by atoms with E-state index in [-0.39, 0.29) is 0 Å². The molecule has 0 saturated heterocycles. The molecule has 0 aromatic heterocycles. The van der Waals surface area contributed by atoms with Crippen LogP contribution in [0.25, 0.3) is 0 Å². The molecule has 2 atom stereocenters. The van der Waals surface area contributed by atoms with E-state index in [2.05, 4.69) is 6.08 Å². The van der Waals surface area contributed by atoms with Gasteiger partial charge in [0.15, 0.2) is 0 Å². The van der Waals surface area contributed by atoms with Crippen molar-refractivity contribution in [1.82, 2.24) is 0 Å². The molecule has 8 heavy (non-hydrogen) atoms. The number of rotatable bonds is 0. The van der Waals surface area contributed by atoms with Crippen molar-refractivity contribution in [2.75, 3.05) is 0 Å². The van der Waals surface area contributed by atoms with Gasteiger partial charge in [0.25, 0.3) is 0 Å². The minimum atomic E-state index is 0.343. The van der Waals surface area contributed by atoms with Crippen LogP contribution in [0.15, 0.2) is 12.2 Å². The van der Waals surface area contributed by atoms with E-state index in [1.165, 1.54) is 0 Å². The lowest BCUT2D eigenvalue weighted by Gasteiger charge is -2.18. The number of carbonyl (C=O) groups excluding carboxylic acids is 1. The third-order valence-corrected chi connectivity index (χ3v) is 2.12. The summed E-state index contributed by atoms with van der Waals surface area (Å²) in [5.41, 5.74) is 0. The van der Waals surface area contributed by atoms with Gasteiger partial charge in [0.05, 0.1) is 0 Å². The molecule has 0 heterocycles. The van der Waals surface area contributed by atoms with Gasteiger partial charge in [-0.05, 0) is 12.3 Å². The highest BCUT2D eigenvalue weighted by Gasteiger charge is 2.35. The second-order valence-corrected chi connectivity index (χ2v) is 2.58. The van der Waals surface area contributed by atoms with Gasteiger partial charge >= 0.3 is 0 Å². The predicted octanol–water partition coefficient (Wildman–Crippen LogP) is 1.15. The van der Waals surface area contributed by atoms with E-state index in [0.29, 0.717) is 17.6 Å². The van der Waals surface area contributed by atoms with Gasteiger partial charge in [-0.25, -0.2) is 0 Å². The molecule has 2 aliphatic rings. The lowest BCUT2D eigenvalue weighted by atomic mass is 9.85. The van der Waals surface area contributed by atoms with E-state index in [0.717, 1.165) is 12.8 Å². The van der Waals surface area contributed by atoms with E-state index < -0.39 is 0 Å². The number of Topliss-reactive ketones (excluding diaryl/α,β-unsaturated/α-hetero) is 1. The molecule has 0 aliphatic heterocycles. The van der Waals surface area contributed by atoms with Crippen molar-refractivity contribution in [3.63, 3.8) is 0 Å². The van der Waals surface area contributed by atoms with Gasteiger partial charge in [0, 0.05) is 12.3 Å². The molecule has 0 spiro atoms. The summed E-state index contributed by atoms with van der Waals surface area (Å²) in [6.45, 7) is 0. The SMILES string of the molecule is O=C1CC[C@H]2C=C[C@@H]12. The quantitative estimate of drug-likeness (QED) is 0.425. The Morgan fingerprint density at radius 1 is 1.50 bits per heavy atom. The first-order valence-electron chi connectivity index (χ1n) is 3.09. The maximum atomic E-state index is 10.8. The second kappa shape index (κ2) is 1.22. The van der Waals surface area contributed by atoms with Crippen LogP contribution in [0.4, 0.5) is 0 Å². The molecule has 0 N–H and O–H groups in total. The molecular formula is C7H8O. The molecule has 2 rings (SSSR count). The van der Waals surface area contributed by atoms with Crippen molar-refractivity contribution in [2.24, 2.45) is 11.8 Å². The Morgan fingerprint density at radius 2 is 2.38 bits per heavy atom. The monoisotopic (exact) mass is 108 g/mol. The topological polar surface area (TPSA) is 17.1 Å². The smallest absolute Gasteiger partial charge is 0.140 e. The third kappa shape index (κ3) is 0.347. The maximum Gasteiger partial charge on any atom is 0.140 e. The maximum absolute atomic E-state index is 10.8. The zero-order valence-electron chi connectivity index (χ0n) is 4.63. The van der Waals surface area contributed by atoms with Crippen LogP contribution >= 0.6 is 0 Å². The number of allylic oxidation sites excluding steroid dienone is 2. The summed E-state index contributed by atoms with van der Waals surface area (Å²) in [5, 5.41) is 0. The number of carbonyl (C=O) groups is 1. The van der Waals surface area contributed by atoms with Crippen LogP contribution in [0.2, 0.25) is 0 Å². The van der Waals surface area contributed by atoms with Crippen LogP contribution in [0.1, 0.15) is 12.8 Å². The number of fused-ring (bicyclic) bond motifs is 1. The van der Waals surface area contributed by atoms with Crippen LogP contribution in [0, 0.1) is 11.8 Å². The van der Waals surface area contributed by atoms with Gasteiger partial charge in [0.2, 0.25) is 0 Å². The molecule has 0 bridgehead atoms. The zero-order valence-corrected chi connectivity index (χ0v) is 4.63. The fourth-order valence-corrected chi connectivity index (χ4v) is 1.48. The number of hydrogen-bond acceptors (Lipinski definition) is 1. The van der Waals surface area contributed by atoms with Crippen LogP contribution in [-0.2, 0) is 4.79 Å². The average Bonchev–Trinajstić information content (AvgIpc) is 1.80. The first kappa shape index (κ1) is 4.30. The zero-order chi connectivity index (χ0) is 5.56. The second-order valence-electron chi connectivity index (χ2n) is 2.58. The van der Waals surface area contributed by atoms with Gasteiger partial charge in [-0.3, -0.25) is 4.79 Å². The highest BCUT2D eigenvalue weighted by molar-refractivity contribution is 5.86. The van der Waals surface area contributed by atoms with Crippen molar-refractivity contribution >= 4 is 5.78 Å². The molecule has 0 radical (unpaired) electrons. The summed E-state index contributed by atoms with van der Waals surface area (Å²) in [7, 11) is 0. The van der Waals surface area contributed by atoms with Crippen LogP contribution in [-0.4, -0.2) is 5.78 Å². The Hall–Kier alpha value is -0.590. The van der Waals surface area contributed by atoms with Crippen molar-refractivity contribution in [3.8, 4) is 0 Å². The number of ketones is 1. The molecule has 1 saturated carbocycles. The third-order valence-electron chi connectivity index (χ3n) is 2.12.